The Morgan fingerprint density at radius 2 is 1.71 bits per heavy atom. The van der Waals surface area contributed by atoms with Crippen LogP contribution in [-0.4, -0.2) is 54.4 Å². The van der Waals surface area contributed by atoms with Gasteiger partial charge in [0.1, 0.15) is 12.7 Å². The largest absolute Gasteiger partial charge is 0.510 e. The summed E-state index contributed by atoms with van der Waals surface area (Å²) in [6.45, 7) is 2.27. The monoisotopic (exact) mass is 601 g/mol. The number of hydrogen-bond donors (Lipinski definition) is 1. The lowest BCUT2D eigenvalue weighted by molar-refractivity contribution is -0.767. The number of amides is 1. The van der Waals surface area contributed by atoms with Gasteiger partial charge in [0.25, 0.3) is 15.1 Å². The topological polar surface area (TPSA) is 162 Å². The fourth-order valence-corrected chi connectivity index (χ4v) is 4.70. The summed E-state index contributed by atoms with van der Waals surface area (Å²) in [5.74, 6) is -1.03. The highest BCUT2D eigenvalue weighted by Gasteiger charge is 2.38. The summed E-state index contributed by atoms with van der Waals surface area (Å²) >= 11 is 0. The highest BCUT2D eigenvalue weighted by Crippen LogP contribution is 2.30. The second-order valence-electron chi connectivity index (χ2n) is 8.59. The number of rotatable bonds is 10. The molecule has 41 heavy (non-hydrogen) atoms. The SMILES string of the molecule is CC(=O)N(COC(=O)OCC(C)O[N+](=O)[O-])S(=O)(=O)c1ccc(-[n+]2[nH]c(C(F)(F)F)cc2-c2ccc(C)cc2)cc1. The first-order chi connectivity index (χ1) is 19.1. The Kier molecular flexibility index (Phi) is 9.21. The lowest BCUT2D eigenvalue weighted by Gasteiger charge is -2.20. The van der Waals surface area contributed by atoms with Gasteiger partial charge >= 0.3 is 12.3 Å². The molecule has 0 saturated heterocycles. The van der Waals surface area contributed by atoms with Crippen molar-refractivity contribution in [2.45, 2.75) is 37.9 Å². The van der Waals surface area contributed by atoms with E-state index >= 15 is 0 Å². The van der Waals surface area contributed by atoms with Crippen molar-refractivity contribution in [3.63, 3.8) is 0 Å². The van der Waals surface area contributed by atoms with Crippen molar-refractivity contribution in [2.75, 3.05) is 13.3 Å². The minimum absolute atomic E-state index is 0.148. The second kappa shape index (κ2) is 12.2. The van der Waals surface area contributed by atoms with Gasteiger partial charge in [0.2, 0.25) is 17.3 Å². The van der Waals surface area contributed by atoms with E-state index in [2.05, 4.69) is 19.4 Å². The molecule has 17 heteroatoms. The van der Waals surface area contributed by atoms with Crippen molar-refractivity contribution < 1.29 is 55.3 Å². The van der Waals surface area contributed by atoms with Crippen LogP contribution < -0.4 is 4.68 Å². The third-order valence-corrected chi connectivity index (χ3v) is 7.25. The van der Waals surface area contributed by atoms with Crippen LogP contribution in [0.4, 0.5) is 18.0 Å². The maximum absolute atomic E-state index is 13.5. The fraction of sp³-hybridized carbons (Fsp3) is 0.292. The molecule has 0 bridgehead atoms. The molecule has 1 heterocycles. The molecule has 1 aromatic heterocycles. The molecule has 0 aliphatic rings. The van der Waals surface area contributed by atoms with Crippen molar-refractivity contribution in [3.8, 4) is 16.9 Å². The van der Waals surface area contributed by atoms with Crippen LogP contribution >= 0.6 is 0 Å². The van der Waals surface area contributed by atoms with E-state index in [1.165, 1.54) is 19.1 Å². The van der Waals surface area contributed by atoms with E-state index in [1.54, 1.807) is 24.3 Å². The zero-order valence-electron chi connectivity index (χ0n) is 21.7. The van der Waals surface area contributed by atoms with Gasteiger partial charge in [0.05, 0.1) is 4.90 Å². The Bertz CT molecular complexity index is 1520. The quantitative estimate of drug-likeness (QED) is 0.120. The van der Waals surface area contributed by atoms with E-state index in [4.69, 9.17) is 0 Å². The van der Waals surface area contributed by atoms with Crippen molar-refractivity contribution in [2.24, 2.45) is 0 Å². The summed E-state index contributed by atoms with van der Waals surface area (Å²) in [4.78, 5) is 37.8. The van der Waals surface area contributed by atoms with Crippen molar-refractivity contribution in [3.05, 3.63) is 76.0 Å². The Morgan fingerprint density at radius 3 is 2.24 bits per heavy atom. The number of nitrogens with one attached hydrogen (secondary N) is 1. The molecule has 220 valence electrons. The molecule has 1 amide bonds. The van der Waals surface area contributed by atoms with Crippen molar-refractivity contribution in [1.29, 1.82) is 0 Å². The molecule has 3 aromatic rings. The van der Waals surface area contributed by atoms with Gasteiger partial charge in [0, 0.05) is 30.7 Å². The molecule has 1 atom stereocenters. The van der Waals surface area contributed by atoms with E-state index in [0.717, 1.165) is 35.4 Å². The van der Waals surface area contributed by atoms with Crippen LogP contribution in [0.5, 0.6) is 0 Å². The predicted octanol–water partition coefficient (Wildman–Crippen LogP) is 3.53. The standard InChI is InChI=1S/C24H23F3N4O9S/c1-15-4-6-18(7-5-15)21-12-22(24(25,26)27)28-30(21)19-8-10-20(11-9-19)41(36,37)29(17(3)32)14-39-23(33)38-13-16(2)40-31(34)35/h4-12,16H,13-14H2,1-3H3/p+1. The summed E-state index contributed by atoms with van der Waals surface area (Å²) in [6.07, 6.45) is -7.25. The first-order valence-electron chi connectivity index (χ1n) is 11.6. The number of halogens is 3. The Balaban J connectivity index is 1.83. The van der Waals surface area contributed by atoms with Crippen LogP contribution in [0.15, 0.2) is 59.5 Å². The summed E-state index contributed by atoms with van der Waals surface area (Å²) in [5, 5.41) is 11.5. The van der Waals surface area contributed by atoms with Gasteiger partial charge in [-0.25, -0.2) is 13.2 Å². The zero-order valence-corrected chi connectivity index (χ0v) is 22.6. The zero-order chi connectivity index (χ0) is 30.5. The molecule has 0 spiro atoms. The summed E-state index contributed by atoms with van der Waals surface area (Å²) in [5.41, 5.74) is 0.631. The Labute approximate surface area is 231 Å². The third-order valence-electron chi connectivity index (χ3n) is 5.44. The lowest BCUT2D eigenvalue weighted by atomic mass is 10.1. The number of aromatic amines is 1. The lowest BCUT2D eigenvalue weighted by Crippen LogP contribution is -2.38. The molecule has 13 nitrogen and oxygen atoms in total. The van der Waals surface area contributed by atoms with Crippen LogP contribution in [0, 0.1) is 17.0 Å². The minimum Gasteiger partial charge on any atom is -0.432 e. The number of benzene rings is 2. The first-order valence-corrected chi connectivity index (χ1v) is 13.1. The van der Waals surface area contributed by atoms with Gasteiger partial charge in [-0.3, -0.25) is 4.79 Å². The molecule has 3 rings (SSSR count). The number of aromatic nitrogens is 2. The Morgan fingerprint density at radius 1 is 1.10 bits per heavy atom. The number of carbonyl (C=O) groups excluding carboxylic acids is 2. The maximum atomic E-state index is 13.5. The summed E-state index contributed by atoms with van der Waals surface area (Å²) < 4.78 is 77.3. The van der Waals surface area contributed by atoms with Crippen molar-refractivity contribution >= 4 is 22.1 Å². The van der Waals surface area contributed by atoms with E-state index < -0.39 is 63.4 Å². The number of carbonyl (C=O) groups is 2. The first kappa shape index (κ1) is 30.9. The number of sulfonamides is 1. The van der Waals surface area contributed by atoms with Gasteiger partial charge in [-0.2, -0.15) is 22.6 Å². The van der Waals surface area contributed by atoms with Crippen LogP contribution in [0.25, 0.3) is 16.9 Å². The van der Waals surface area contributed by atoms with E-state index in [1.807, 2.05) is 6.92 Å². The molecular formula is C24H24F3N4O9S+. The molecule has 0 aliphatic carbocycles. The summed E-state index contributed by atoms with van der Waals surface area (Å²) in [6, 6.07) is 12.2. The van der Waals surface area contributed by atoms with Crippen LogP contribution in [0.2, 0.25) is 0 Å². The van der Waals surface area contributed by atoms with Crippen LogP contribution in [-0.2, 0) is 35.3 Å². The highest BCUT2D eigenvalue weighted by molar-refractivity contribution is 7.89. The summed E-state index contributed by atoms with van der Waals surface area (Å²) in [7, 11) is -4.59. The molecule has 0 fully saturated rings. The normalized spacial score (nSPS) is 12.3. The third kappa shape index (κ3) is 7.71. The molecule has 1 unspecified atom stereocenters. The number of hydrogen-bond acceptors (Lipinski definition) is 9. The smallest absolute Gasteiger partial charge is 0.432 e. The van der Waals surface area contributed by atoms with Crippen molar-refractivity contribution in [1.82, 2.24) is 9.40 Å². The van der Waals surface area contributed by atoms with Crippen LogP contribution in [0.3, 0.4) is 0 Å². The molecule has 1 N–H and O–H groups in total. The Hall–Kier alpha value is -4.67. The number of alkyl halides is 3. The molecule has 2 aromatic carbocycles. The van der Waals surface area contributed by atoms with E-state index in [-0.39, 0.29) is 15.7 Å². The average Bonchev–Trinajstić information content (AvgIpc) is 3.34. The van der Waals surface area contributed by atoms with Crippen LogP contribution in [0.1, 0.15) is 25.1 Å². The second-order valence-corrected chi connectivity index (χ2v) is 10.5. The van der Waals surface area contributed by atoms with Gasteiger partial charge in [-0.1, -0.05) is 22.4 Å². The number of aryl methyl sites for hydroxylation is 1. The fourth-order valence-electron chi connectivity index (χ4n) is 3.44. The molecule has 0 saturated carbocycles. The predicted molar refractivity (Wildman–Crippen MR) is 132 cm³/mol. The number of nitrogens with zero attached hydrogens (tertiary/aromatic N) is 3. The van der Waals surface area contributed by atoms with E-state index in [0.29, 0.717) is 5.56 Å². The number of H-pyrrole nitrogens is 1. The number of ether oxygens (including phenoxy) is 2. The highest BCUT2D eigenvalue weighted by atomic mass is 32.2. The molecular weight excluding hydrogens is 577 g/mol. The molecule has 0 aliphatic heterocycles. The van der Waals surface area contributed by atoms with Gasteiger partial charge in [-0.15, -0.1) is 10.1 Å². The maximum Gasteiger partial charge on any atom is 0.510 e. The minimum atomic E-state index is -4.69. The van der Waals surface area contributed by atoms with Gasteiger partial charge in [0.15, 0.2) is 12.4 Å². The van der Waals surface area contributed by atoms with E-state index in [9.17, 15) is 41.3 Å². The van der Waals surface area contributed by atoms with Gasteiger partial charge < -0.3 is 14.3 Å². The van der Waals surface area contributed by atoms with Gasteiger partial charge in [-0.05, 0) is 38.1 Å². The average molecular weight is 602 g/mol. The molecule has 0 radical (unpaired) electrons.